The molecule has 3 atom stereocenters. The molecule has 0 radical (unpaired) electrons. The van der Waals surface area contributed by atoms with Crippen LogP contribution in [-0.2, 0) is 19.7 Å². The van der Waals surface area contributed by atoms with Crippen LogP contribution in [0.1, 0.15) is 12.5 Å². The number of hydrogen-bond acceptors (Lipinski definition) is 6. The van der Waals surface area contributed by atoms with Gasteiger partial charge < -0.3 is 20.1 Å². The van der Waals surface area contributed by atoms with E-state index in [1.54, 1.807) is 31.2 Å². The second kappa shape index (κ2) is 8.11. The van der Waals surface area contributed by atoms with Crippen molar-refractivity contribution in [2.45, 2.75) is 24.7 Å². The van der Waals surface area contributed by atoms with Crippen molar-refractivity contribution in [3.63, 3.8) is 0 Å². The second-order valence-corrected chi connectivity index (χ2v) is 6.91. The van der Waals surface area contributed by atoms with Crippen LogP contribution in [0.5, 0.6) is 0 Å². The van der Waals surface area contributed by atoms with Gasteiger partial charge in [0.1, 0.15) is 18.1 Å². The van der Waals surface area contributed by atoms with Crippen molar-refractivity contribution in [2.24, 2.45) is 0 Å². The van der Waals surface area contributed by atoms with E-state index >= 15 is 0 Å². The molecular weight excluding hydrogens is 371 g/mol. The third-order valence-electron chi connectivity index (χ3n) is 5.21. The number of nitrogens with one attached hydrogen (secondary N) is 2. The van der Waals surface area contributed by atoms with E-state index in [-0.39, 0.29) is 26.2 Å². The largest absolute Gasteiger partial charge is 0.443 e. The molecule has 2 fully saturated rings. The van der Waals surface area contributed by atoms with E-state index in [1.165, 1.54) is 5.01 Å². The molecule has 10 heteroatoms. The van der Waals surface area contributed by atoms with Gasteiger partial charge in [-0.25, -0.2) is 14.2 Å². The van der Waals surface area contributed by atoms with Gasteiger partial charge in [0.25, 0.3) is 5.91 Å². The molecule has 3 unspecified atom stereocenters. The van der Waals surface area contributed by atoms with Crippen LogP contribution in [0.15, 0.2) is 30.3 Å². The molecule has 0 spiro atoms. The van der Waals surface area contributed by atoms with Gasteiger partial charge in [-0.2, -0.15) is 0 Å². The molecule has 2 saturated heterocycles. The Labute approximate surface area is 161 Å². The van der Waals surface area contributed by atoms with Gasteiger partial charge in [-0.05, 0) is 12.5 Å². The molecule has 0 aromatic heterocycles. The Morgan fingerprint density at radius 2 is 2.07 bits per heavy atom. The fourth-order valence-corrected chi connectivity index (χ4v) is 3.43. The molecular formula is C18H23FN4O5. The van der Waals surface area contributed by atoms with Crippen molar-refractivity contribution < 1.29 is 28.6 Å². The fourth-order valence-electron chi connectivity index (χ4n) is 3.43. The number of carbonyl (C=O) groups is 3. The van der Waals surface area contributed by atoms with Gasteiger partial charge in [0.05, 0.1) is 13.1 Å². The SMILES string of the molecule is CC(C(=O)NN1CCN(C(=O)CO)C(F)C1)(c1ccccc1)C1CNC(=O)O1. The Hall–Kier alpha value is -2.72. The van der Waals surface area contributed by atoms with Gasteiger partial charge in [-0.3, -0.25) is 15.0 Å². The van der Waals surface area contributed by atoms with E-state index < -0.39 is 42.3 Å². The van der Waals surface area contributed by atoms with E-state index in [9.17, 15) is 18.8 Å². The van der Waals surface area contributed by atoms with Gasteiger partial charge in [0.2, 0.25) is 5.91 Å². The first-order valence-electron chi connectivity index (χ1n) is 8.96. The average molecular weight is 394 g/mol. The molecule has 28 heavy (non-hydrogen) atoms. The zero-order valence-electron chi connectivity index (χ0n) is 15.4. The Morgan fingerprint density at radius 1 is 1.36 bits per heavy atom. The molecule has 2 aliphatic rings. The van der Waals surface area contributed by atoms with E-state index in [0.717, 1.165) is 4.90 Å². The minimum absolute atomic E-state index is 0.0306. The summed E-state index contributed by atoms with van der Waals surface area (Å²) in [7, 11) is 0. The number of benzene rings is 1. The molecule has 0 saturated carbocycles. The van der Waals surface area contributed by atoms with Gasteiger partial charge in [-0.15, -0.1) is 0 Å². The number of alkyl halides is 1. The van der Waals surface area contributed by atoms with E-state index in [1.807, 2.05) is 6.07 Å². The Bertz CT molecular complexity index is 749. The van der Waals surface area contributed by atoms with Crippen LogP contribution in [0, 0.1) is 0 Å². The highest BCUT2D eigenvalue weighted by Gasteiger charge is 2.48. The minimum Gasteiger partial charge on any atom is -0.443 e. The molecule has 2 aliphatic heterocycles. The number of piperazine rings is 1. The maximum absolute atomic E-state index is 14.3. The lowest BCUT2D eigenvalue weighted by Gasteiger charge is -2.40. The molecule has 3 rings (SSSR count). The van der Waals surface area contributed by atoms with Crippen molar-refractivity contribution in [3.05, 3.63) is 35.9 Å². The summed E-state index contributed by atoms with van der Waals surface area (Å²) in [4.78, 5) is 37.2. The highest BCUT2D eigenvalue weighted by molar-refractivity contribution is 5.89. The highest BCUT2D eigenvalue weighted by atomic mass is 19.1. The van der Waals surface area contributed by atoms with Crippen molar-refractivity contribution in [1.82, 2.24) is 20.7 Å². The number of carbonyl (C=O) groups excluding carboxylic acids is 3. The Morgan fingerprint density at radius 3 is 2.64 bits per heavy atom. The molecule has 0 aliphatic carbocycles. The Balaban J connectivity index is 1.76. The quantitative estimate of drug-likeness (QED) is 0.582. The smallest absolute Gasteiger partial charge is 0.407 e. The molecule has 3 amide bonds. The highest BCUT2D eigenvalue weighted by Crippen LogP contribution is 2.32. The standard InChI is InChI=1S/C18H23FN4O5/c1-18(12-5-3-2-4-6-12,13-9-20-17(27)28-13)16(26)21-22-7-8-23(14(19)10-22)15(25)11-24/h2-6,13-14,24H,7-11H2,1H3,(H,20,27)(H,21,26). The van der Waals surface area contributed by atoms with E-state index in [2.05, 4.69) is 10.7 Å². The number of hydrogen-bond donors (Lipinski definition) is 3. The third-order valence-corrected chi connectivity index (χ3v) is 5.21. The van der Waals surface area contributed by atoms with Crippen LogP contribution in [0.4, 0.5) is 9.18 Å². The lowest BCUT2D eigenvalue weighted by atomic mass is 9.76. The summed E-state index contributed by atoms with van der Waals surface area (Å²) in [5.74, 6) is -1.15. The molecule has 2 heterocycles. The summed E-state index contributed by atoms with van der Waals surface area (Å²) in [6.07, 6.45) is -2.98. The van der Waals surface area contributed by atoms with Crippen LogP contribution >= 0.6 is 0 Å². The van der Waals surface area contributed by atoms with Gasteiger partial charge in [-0.1, -0.05) is 30.3 Å². The monoisotopic (exact) mass is 394 g/mol. The summed E-state index contributed by atoms with van der Waals surface area (Å²) in [6.45, 7) is 1.07. The number of amides is 3. The lowest BCUT2D eigenvalue weighted by Crippen LogP contribution is -2.62. The van der Waals surface area contributed by atoms with E-state index in [4.69, 9.17) is 9.84 Å². The number of alkyl carbamates (subject to hydrolysis) is 1. The summed E-state index contributed by atoms with van der Waals surface area (Å²) in [5, 5.41) is 12.8. The first-order valence-corrected chi connectivity index (χ1v) is 8.96. The lowest BCUT2D eigenvalue weighted by molar-refractivity contribution is -0.148. The fraction of sp³-hybridized carbons (Fsp3) is 0.500. The summed E-state index contributed by atoms with van der Waals surface area (Å²) in [5.41, 5.74) is 2.14. The van der Waals surface area contributed by atoms with Crippen molar-refractivity contribution in [2.75, 3.05) is 32.8 Å². The third kappa shape index (κ3) is 3.78. The van der Waals surface area contributed by atoms with Gasteiger partial charge >= 0.3 is 6.09 Å². The van der Waals surface area contributed by atoms with Crippen LogP contribution in [-0.4, -0.2) is 78.1 Å². The number of ether oxygens (including phenoxy) is 1. The first kappa shape index (κ1) is 20.0. The van der Waals surface area contributed by atoms with Crippen LogP contribution in [0.3, 0.4) is 0 Å². The van der Waals surface area contributed by atoms with Gasteiger partial charge in [0, 0.05) is 13.1 Å². The minimum atomic E-state index is -1.65. The number of hydrazine groups is 1. The second-order valence-electron chi connectivity index (χ2n) is 6.91. The first-order chi connectivity index (χ1) is 13.4. The molecule has 1 aromatic rings. The number of aliphatic hydroxyl groups excluding tert-OH is 1. The molecule has 0 bridgehead atoms. The maximum Gasteiger partial charge on any atom is 0.407 e. The van der Waals surface area contributed by atoms with Crippen LogP contribution < -0.4 is 10.7 Å². The average Bonchev–Trinajstić information content (AvgIpc) is 3.14. The van der Waals surface area contributed by atoms with E-state index in [0.29, 0.717) is 5.56 Å². The van der Waals surface area contributed by atoms with Crippen molar-refractivity contribution in [1.29, 1.82) is 0 Å². The zero-order chi connectivity index (χ0) is 20.3. The predicted molar refractivity (Wildman–Crippen MR) is 95.5 cm³/mol. The van der Waals surface area contributed by atoms with Crippen molar-refractivity contribution in [3.8, 4) is 0 Å². The maximum atomic E-state index is 14.3. The summed E-state index contributed by atoms with van der Waals surface area (Å²) >= 11 is 0. The van der Waals surface area contributed by atoms with Gasteiger partial charge in [0.15, 0.2) is 6.30 Å². The molecule has 9 nitrogen and oxygen atoms in total. The predicted octanol–water partition coefficient (Wildman–Crippen LogP) is -0.484. The number of nitrogens with zero attached hydrogens (tertiary/aromatic N) is 2. The number of aliphatic hydroxyl groups is 1. The molecule has 3 N–H and O–H groups in total. The molecule has 1 aromatic carbocycles. The number of rotatable bonds is 5. The number of halogens is 1. The normalized spacial score (nSPS) is 24.8. The molecule has 152 valence electrons. The Kier molecular flexibility index (Phi) is 5.80. The van der Waals surface area contributed by atoms with Crippen molar-refractivity contribution >= 4 is 17.9 Å². The number of cyclic esters (lactones) is 1. The van der Waals surface area contributed by atoms with Crippen LogP contribution in [0.2, 0.25) is 0 Å². The topological polar surface area (TPSA) is 111 Å². The summed E-state index contributed by atoms with van der Waals surface area (Å²) in [6, 6.07) is 8.90. The van der Waals surface area contributed by atoms with Crippen LogP contribution in [0.25, 0.3) is 0 Å². The summed E-state index contributed by atoms with van der Waals surface area (Å²) < 4.78 is 19.6. The zero-order valence-corrected chi connectivity index (χ0v) is 15.4.